The zero-order valence-corrected chi connectivity index (χ0v) is 11.4. The van der Waals surface area contributed by atoms with Crippen LogP contribution in [-0.2, 0) is 4.79 Å². The molecule has 0 fully saturated rings. The van der Waals surface area contributed by atoms with Gasteiger partial charge in [0.1, 0.15) is 0 Å². The van der Waals surface area contributed by atoms with Crippen LogP contribution in [0.25, 0.3) is 0 Å². The highest BCUT2D eigenvalue weighted by molar-refractivity contribution is 8.00. The Kier molecular flexibility index (Phi) is 2.95. The summed E-state index contributed by atoms with van der Waals surface area (Å²) in [6.45, 7) is 1.96. The lowest BCUT2D eigenvalue weighted by molar-refractivity contribution is -0.115. The monoisotopic (exact) mass is 270 g/mol. The highest BCUT2D eigenvalue weighted by Crippen LogP contribution is 2.39. The molecule has 1 aliphatic rings. The number of hydrogen-bond acceptors (Lipinski definition) is 3. The van der Waals surface area contributed by atoms with Crippen LogP contribution in [0.15, 0.2) is 47.4 Å². The van der Waals surface area contributed by atoms with Crippen molar-refractivity contribution in [3.63, 3.8) is 0 Å². The largest absolute Gasteiger partial charge is 0.398 e. The number of hydrogen-bond donors (Lipinski definition) is 1. The number of carbonyl (C=O) groups is 1. The van der Waals surface area contributed by atoms with Crippen molar-refractivity contribution < 1.29 is 4.79 Å². The average molecular weight is 270 g/mol. The molecule has 2 N–H and O–H groups in total. The average Bonchev–Trinajstić information content (AvgIpc) is 2.42. The van der Waals surface area contributed by atoms with Gasteiger partial charge in [-0.05, 0) is 36.8 Å². The summed E-state index contributed by atoms with van der Waals surface area (Å²) in [7, 11) is 0. The zero-order valence-electron chi connectivity index (χ0n) is 10.6. The van der Waals surface area contributed by atoms with E-state index in [9.17, 15) is 4.79 Å². The standard InChI is InChI=1S/C15H14N2OS/c1-10-6-7-11(8-12(10)16)17-13-4-2-3-5-14(13)19-9-15(17)18/h2-8H,9,16H2,1H3. The van der Waals surface area contributed by atoms with Crippen molar-refractivity contribution in [2.45, 2.75) is 11.8 Å². The number of carbonyl (C=O) groups excluding carboxylic acids is 1. The summed E-state index contributed by atoms with van der Waals surface area (Å²) in [5.74, 6) is 0.553. The first-order chi connectivity index (χ1) is 9.16. The predicted octanol–water partition coefficient (Wildman–Crippen LogP) is 3.35. The molecule has 96 valence electrons. The van der Waals surface area contributed by atoms with Gasteiger partial charge < -0.3 is 5.73 Å². The Hall–Kier alpha value is -1.94. The van der Waals surface area contributed by atoms with Crippen LogP contribution in [0.1, 0.15) is 5.56 Å². The van der Waals surface area contributed by atoms with E-state index in [1.807, 2.05) is 49.4 Å². The summed E-state index contributed by atoms with van der Waals surface area (Å²) in [6.07, 6.45) is 0. The molecule has 1 aliphatic heterocycles. The lowest BCUT2D eigenvalue weighted by atomic mass is 10.1. The third-order valence-corrected chi connectivity index (χ3v) is 4.28. The van der Waals surface area contributed by atoms with E-state index >= 15 is 0 Å². The van der Waals surface area contributed by atoms with Crippen LogP contribution >= 0.6 is 11.8 Å². The van der Waals surface area contributed by atoms with E-state index < -0.39 is 0 Å². The fraction of sp³-hybridized carbons (Fsp3) is 0.133. The Morgan fingerprint density at radius 3 is 2.79 bits per heavy atom. The van der Waals surface area contributed by atoms with Crippen LogP contribution < -0.4 is 10.6 Å². The van der Waals surface area contributed by atoms with E-state index in [0.717, 1.165) is 21.8 Å². The minimum Gasteiger partial charge on any atom is -0.398 e. The van der Waals surface area contributed by atoms with Crippen molar-refractivity contribution in [3.05, 3.63) is 48.0 Å². The van der Waals surface area contributed by atoms with Crippen molar-refractivity contribution >= 4 is 34.7 Å². The minimum atomic E-state index is 0.0898. The fourth-order valence-corrected chi connectivity index (χ4v) is 3.04. The molecule has 1 amide bonds. The van der Waals surface area contributed by atoms with Gasteiger partial charge in [-0.3, -0.25) is 9.69 Å². The summed E-state index contributed by atoms with van der Waals surface area (Å²) in [5.41, 5.74) is 9.45. The second kappa shape index (κ2) is 4.63. The van der Waals surface area contributed by atoms with Gasteiger partial charge in [0.25, 0.3) is 0 Å². The minimum absolute atomic E-state index is 0.0898. The first kappa shape index (κ1) is 12.1. The van der Waals surface area contributed by atoms with Crippen LogP contribution in [0.4, 0.5) is 17.1 Å². The third-order valence-electron chi connectivity index (χ3n) is 3.23. The molecule has 3 rings (SSSR count). The van der Waals surface area contributed by atoms with E-state index in [0.29, 0.717) is 11.4 Å². The summed E-state index contributed by atoms with van der Waals surface area (Å²) >= 11 is 1.58. The number of nitrogens with two attached hydrogens (primary N) is 1. The van der Waals surface area contributed by atoms with Gasteiger partial charge in [-0.2, -0.15) is 0 Å². The third kappa shape index (κ3) is 2.08. The molecule has 3 nitrogen and oxygen atoms in total. The van der Waals surface area contributed by atoms with Crippen LogP contribution in [0.3, 0.4) is 0 Å². The Bertz CT molecular complexity index is 654. The van der Waals surface area contributed by atoms with Gasteiger partial charge in [-0.15, -0.1) is 11.8 Å². The second-order valence-corrected chi connectivity index (χ2v) is 5.54. The molecule has 2 aromatic rings. The van der Waals surface area contributed by atoms with Gasteiger partial charge in [0, 0.05) is 10.6 Å². The second-order valence-electron chi connectivity index (χ2n) is 4.53. The van der Waals surface area contributed by atoms with Crippen LogP contribution in [0.2, 0.25) is 0 Å². The molecule has 0 bridgehead atoms. The lowest BCUT2D eigenvalue weighted by Gasteiger charge is -2.29. The molecule has 0 spiro atoms. The van der Waals surface area contributed by atoms with Crippen molar-refractivity contribution in [3.8, 4) is 0 Å². The molecule has 19 heavy (non-hydrogen) atoms. The van der Waals surface area contributed by atoms with Crippen LogP contribution in [0.5, 0.6) is 0 Å². The number of benzene rings is 2. The van der Waals surface area contributed by atoms with E-state index in [-0.39, 0.29) is 5.91 Å². The summed E-state index contributed by atoms with van der Waals surface area (Å²) < 4.78 is 0. The quantitative estimate of drug-likeness (QED) is 0.808. The number of para-hydroxylation sites is 1. The molecule has 2 aromatic carbocycles. The molecule has 0 atom stereocenters. The molecule has 0 saturated carbocycles. The molecule has 0 aliphatic carbocycles. The van der Waals surface area contributed by atoms with Gasteiger partial charge in [0.05, 0.1) is 17.1 Å². The number of aryl methyl sites for hydroxylation is 1. The molecule has 4 heteroatoms. The number of fused-ring (bicyclic) bond motifs is 1. The SMILES string of the molecule is Cc1ccc(N2C(=O)CSc3ccccc32)cc1N. The molecular weight excluding hydrogens is 256 g/mol. The van der Waals surface area contributed by atoms with E-state index in [1.54, 1.807) is 16.7 Å². The molecule has 0 saturated heterocycles. The van der Waals surface area contributed by atoms with Gasteiger partial charge in [-0.25, -0.2) is 0 Å². The number of thioether (sulfide) groups is 1. The van der Waals surface area contributed by atoms with Gasteiger partial charge in [0.2, 0.25) is 5.91 Å². The lowest BCUT2D eigenvalue weighted by Crippen LogP contribution is -2.30. The smallest absolute Gasteiger partial charge is 0.241 e. The zero-order chi connectivity index (χ0) is 13.4. The molecule has 1 heterocycles. The summed E-state index contributed by atoms with van der Waals surface area (Å²) in [4.78, 5) is 15.1. The first-order valence-electron chi connectivity index (χ1n) is 6.08. The molecule has 0 radical (unpaired) electrons. The van der Waals surface area contributed by atoms with Crippen molar-refractivity contribution in [1.29, 1.82) is 0 Å². The summed E-state index contributed by atoms with van der Waals surface area (Å²) in [6, 6.07) is 13.7. The molecule has 0 unspecified atom stereocenters. The number of nitrogens with zero attached hydrogens (tertiary/aromatic N) is 1. The fourth-order valence-electron chi connectivity index (χ4n) is 2.15. The normalized spacial score (nSPS) is 14.4. The predicted molar refractivity (Wildman–Crippen MR) is 79.9 cm³/mol. The molecular formula is C15H14N2OS. The maximum absolute atomic E-state index is 12.2. The number of amides is 1. The Morgan fingerprint density at radius 1 is 1.21 bits per heavy atom. The van der Waals surface area contributed by atoms with Gasteiger partial charge in [0.15, 0.2) is 0 Å². The summed E-state index contributed by atoms with van der Waals surface area (Å²) in [5, 5.41) is 0. The number of nitrogen functional groups attached to an aromatic ring is 1. The topological polar surface area (TPSA) is 46.3 Å². The number of rotatable bonds is 1. The van der Waals surface area contributed by atoms with Crippen molar-refractivity contribution in [2.24, 2.45) is 0 Å². The highest BCUT2D eigenvalue weighted by atomic mass is 32.2. The first-order valence-corrected chi connectivity index (χ1v) is 7.06. The van der Waals surface area contributed by atoms with E-state index in [4.69, 9.17) is 5.73 Å². The van der Waals surface area contributed by atoms with Gasteiger partial charge in [-0.1, -0.05) is 18.2 Å². The van der Waals surface area contributed by atoms with E-state index in [2.05, 4.69) is 0 Å². The Balaban J connectivity index is 2.13. The highest BCUT2D eigenvalue weighted by Gasteiger charge is 2.25. The van der Waals surface area contributed by atoms with E-state index in [1.165, 1.54) is 0 Å². The maximum atomic E-state index is 12.2. The maximum Gasteiger partial charge on any atom is 0.241 e. The molecule has 0 aromatic heterocycles. The Labute approximate surface area is 116 Å². The van der Waals surface area contributed by atoms with Crippen molar-refractivity contribution in [2.75, 3.05) is 16.4 Å². The Morgan fingerprint density at radius 2 is 2.00 bits per heavy atom. The van der Waals surface area contributed by atoms with Crippen LogP contribution in [-0.4, -0.2) is 11.7 Å². The number of anilines is 3. The van der Waals surface area contributed by atoms with Crippen LogP contribution in [0, 0.1) is 6.92 Å². The van der Waals surface area contributed by atoms with Crippen molar-refractivity contribution in [1.82, 2.24) is 0 Å². The van der Waals surface area contributed by atoms with Gasteiger partial charge >= 0.3 is 0 Å².